The quantitative estimate of drug-likeness (QED) is 0.851. The molecule has 2 aromatic carbocycles. The molecule has 0 atom stereocenters. The first kappa shape index (κ1) is 14.4. The van der Waals surface area contributed by atoms with Crippen LogP contribution < -0.4 is 9.04 Å². The van der Waals surface area contributed by atoms with Gasteiger partial charge in [0.1, 0.15) is 5.75 Å². The lowest BCUT2D eigenvalue weighted by Crippen LogP contribution is -2.31. The molecule has 20 heavy (non-hydrogen) atoms. The van der Waals surface area contributed by atoms with Crippen molar-refractivity contribution < 1.29 is 13.2 Å². The van der Waals surface area contributed by atoms with Crippen molar-refractivity contribution in [1.82, 2.24) is 0 Å². The van der Waals surface area contributed by atoms with Gasteiger partial charge in [0, 0.05) is 6.54 Å². The van der Waals surface area contributed by atoms with Crippen molar-refractivity contribution in [1.29, 1.82) is 0 Å². The normalized spacial score (nSPS) is 11.1. The Kier molecular flexibility index (Phi) is 4.29. The number of anilines is 1. The van der Waals surface area contributed by atoms with Crippen molar-refractivity contribution in [2.75, 3.05) is 18.0 Å². The van der Waals surface area contributed by atoms with E-state index in [-0.39, 0.29) is 4.90 Å². The largest absolute Gasteiger partial charge is 0.495 e. The molecule has 0 aliphatic carbocycles. The lowest BCUT2D eigenvalue weighted by molar-refractivity contribution is 0.415. The maximum absolute atomic E-state index is 12.7. The number of hydrogen-bond donors (Lipinski definition) is 0. The van der Waals surface area contributed by atoms with Crippen molar-refractivity contribution in [3.8, 4) is 5.75 Å². The number of benzene rings is 2. The second kappa shape index (κ2) is 5.96. The first-order chi connectivity index (χ1) is 9.61. The Labute approximate surface area is 119 Å². The monoisotopic (exact) mass is 291 g/mol. The van der Waals surface area contributed by atoms with Gasteiger partial charge in [-0.2, -0.15) is 0 Å². The smallest absolute Gasteiger partial charge is 0.264 e. The molecule has 2 rings (SSSR count). The van der Waals surface area contributed by atoms with Gasteiger partial charge in [0.2, 0.25) is 0 Å². The van der Waals surface area contributed by atoms with Crippen molar-refractivity contribution in [2.45, 2.75) is 11.8 Å². The molecule has 0 saturated carbocycles. The van der Waals surface area contributed by atoms with Gasteiger partial charge in [0.05, 0.1) is 17.7 Å². The average molecular weight is 291 g/mol. The highest BCUT2D eigenvalue weighted by Crippen LogP contribution is 2.31. The molecule has 0 spiro atoms. The Morgan fingerprint density at radius 3 is 2.20 bits per heavy atom. The molecule has 0 aliphatic heterocycles. The Morgan fingerprint density at radius 2 is 1.60 bits per heavy atom. The molecular weight excluding hydrogens is 274 g/mol. The number of ether oxygens (including phenoxy) is 1. The van der Waals surface area contributed by atoms with Gasteiger partial charge in [-0.25, -0.2) is 8.42 Å². The summed E-state index contributed by atoms with van der Waals surface area (Å²) in [4.78, 5) is 0.271. The summed E-state index contributed by atoms with van der Waals surface area (Å²) in [5, 5.41) is 0. The van der Waals surface area contributed by atoms with Gasteiger partial charge < -0.3 is 4.74 Å². The fourth-order valence-electron chi connectivity index (χ4n) is 2.03. The SMILES string of the molecule is CCN(c1ccccc1OC)S(=O)(=O)c1ccccc1. The van der Waals surface area contributed by atoms with Crippen LogP contribution in [0, 0.1) is 0 Å². The molecular formula is C15H17NO3S. The third-order valence-corrected chi connectivity index (χ3v) is 4.88. The first-order valence-electron chi connectivity index (χ1n) is 6.32. The number of hydrogen-bond acceptors (Lipinski definition) is 3. The lowest BCUT2D eigenvalue weighted by atomic mass is 10.3. The van der Waals surface area contributed by atoms with E-state index in [0.29, 0.717) is 18.0 Å². The molecule has 0 bridgehead atoms. The Balaban J connectivity index is 2.53. The summed E-state index contributed by atoms with van der Waals surface area (Å²) in [5.74, 6) is 0.536. The maximum atomic E-state index is 12.7. The van der Waals surface area contributed by atoms with Crippen molar-refractivity contribution in [3.05, 3.63) is 54.6 Å². The summed E-state index contributed by atoms with van der Waals surface area (Å²) < 4.78 is 32.0. The zero-order chi connectivity index (χ0) is 14.6. The minimum absolute atomic E-state index is 0.271. The fraction of sp³-hybridized carbons (Fsp3) is 0.200. The van der Waals surface area contributed by atoms with Crippen LogP contribution in [0.4, 0.5) is 5.69 Å². The Morgan fingerprint density at radius 1 is 1.00 bits per heavy atom. The second-order valence-corrected chi connectivity index (χ2v) is 6.02. The van der Waals surface area contributed by atoms with E-state index >= 15 is 0 Å². The van der Waals surface area contributed by atoms with Crippen LogP contribution in [-0.4, -0.2) is 22.1 Å². The maximum Gasteiger partial charge on any atom is 0.264 e. The van der Waals surface area contributed by atoms with E-state index < -0.39 is 10.0 Å². The number of sulfonamides is 1. The van der Waals surface area contributed by atoms with Crippen LogP contribution in [0.1, 0.15) is 6.92 Å². The zero-order valence-corrected chi connectivity index (χ0v) is 12.3. The third-order valence-electron chi connectivity index (χ3n) is 2.97. The Bertz CT molecular complexity index is 669. The topological polar surface area (TPSA) is 46.6 Å². The van der Waals surface area contributed by atoms with Gasteiger partial charge in [-0.1, -0.05) is 30.3 Å². The third kappa shape index (κ3) is 2.63. The molecule has 5 heteroatoms. The first-order valence-corrected chi connectivity index (χ1v) is 7.76. The van der Waals surface area contributed by atoms with Crippen molar-refractivity contribution >= 4 is 15.7 Å². The van der Waals surface area contributed by atoms with Crippen LogP contribution in [0.25, 0.3) is 0 Å². The van der Waals surface area contributed by atoms with E-state index in [1.165, 1.54) is 11.4 Å². The van der Waals surface area contributed by atoms with E-state index in [2.05, 4.69) is 0 Å². The zero-order valence-electron chi connectivity index (χ0n) is 11.5. The summed E-state index contributed by atoms with van der Waals surface area (Å²) in [5.41, 5.74) is 0.543. The summed E-state index contributed by atoms with van der Waals surface area (Å²) >= 11 is 0. The molecule has 0 heterocycles. The molecule has 0 aliphatic rings. The summed E-state index contributed by atoms with van der Waals surface area (Å²) in [6.07, 6.45) is 0. The van der Waals surface area contributed by atoms with Crippen molar-refractivity contribution in [2.24, 2.45) is 0 Å². The van der Waals surface area contributed by atoms with Crippen LogP contribution in [0.15, 0.2) is 59.5 Å². The minimum Gasteiger partial charge on any atom is -0.495 e. The predicted octanol–water partition coefficient (Wildman–Crippen LogP) is 2.91. The average Bonchev–Trinajstić information content (AvgIpc) is 2.49. The van der Waals surface area contributed by atoms with Crippen LogP contribution in [0.5, 0.6) is 5.75 Å². The van der Waals surface area contributed by atoms with Gasteiger partial charge in [-0.15, -0.1) is 0 Å². The highest BCUT2D eigenvalue weighted by molar-refractivity contribution is 7.92. The van der Waals surface area contributed by atoms with Crippen LogP contribution in [0.3, 0.4) is 0 Å². The van der Waals surface area contributed by atoms with Gasteiger partial charge >= 0.3 is 0 Å². The summed E-state index contributed by atoms with van der Waals surface area (Å²) in [7, 11) is -2.05. The van der Waals surface area contributed by atoms with E-state index in [0.717, 1.165) is 0 Å². The minimum atomic E-state index is -3.58. The van der Waals surface area contributed by atoms with Gasteiger partial charge in [-0.05, 0) is 31.2 Å². The molecule has 0 radical (unpaired) electrons. The van der Waals surface area contributed by atoms with Crippen LogP contribution in [0.2, 0.25) is 0 Å². The standard InChI is InChI=1S/C15H17NO3S/c1-3-16(14-11-7-8-12-15(14)19-2)20(17,18)13-9-5-4-6-10-13/h4-12H,3H2,1-2H3. The van der Waals surface area contributed by atoms with Gasteiger partial charge in [0.15, 0.2) is 0 Å². The molecule has 0 unspecified atom stereocenters. The van der Waals surface area contributed by atoms with Crippen molar-refractivity contribution in [3.63, 3.8) is 0 Å². The molecule has 106 valence electrons. The number of para-hydroxylation sites is 2. The van der Waals surface area contributed by atoms with Crippen LogP contribution >= 0.6 is 0 Å². The van der Waals surface area contributed by atoms with E-state index in [1.54, 1.807) is 55.5 Å². The fourth-order valence-corrected chi connectivity index (χ4v) is 3.53. The van der Waals surface area contributed by atoms with E-state index in [9.17, 15) is 8.42 Å². The van der Waals surface area contributed by atoms with Gasteiger partial charge in [0.25, 0.3) is 10.0 Å². The number of rotatable bonds is 5. The summed E-state index contributed by atoms with van der Waals surface area (Å²) in [6, 6.07) is 15.5. The molecule has 0 fully saturated rings. The molecule has 4 nitrogen and oxygen atoms in total. The molecule has 0 N–H and O–H groups in total. The lowest BCUT2D eigenvalue weighted by Gasteiger charge is -2.24. The molecule has 0 aromatic heterocycles. The Hall–Kier alpha value is -2.01. The summed E-state index contributed by atoms with van der Waals surface area (Å²) in [6.45, 7) is 2.13. The predicted molar refractivity (Wildman–Crippen MR) is 79.6 cm³/mol. The highest BCUT2D eigenvalue weighted by Gasteiger charge is 2.25. The molecule has 2 aromatic rings. The second-order valence-electron chi connectivity index (χ2n) is 4.15. The van der Waals surface area contributed by atoms with Gasteiger partial charge in [-0.3, -0.25) is 4.31 Å². The molecule has 0 saturated heterocycles. The highest BCUT2D eigenvalue weighted by atomic mass is 32.2. The van der Waals surface area contributed by atoms with E-state index in [4.69, 9.17) is 4.74 Å². The van der Waals surface area contributed by atoms with E-state index in [1.807, 2.05) is 6.07 Å². The number of methoxy groups -OCH3 is 1. The number of nitrogens with zero attached hydrogens (tertiary/aromatic N) is 1. The van der Waals surface area contributed by atoms with Crippen LogP contribution in [-0.2, 0) is 10.0 Å². The molecule has 0 amide bonds.